The van der Waals surface area contributed by atoms with Crippen LogP contribution in [-0.4, -0.2) is 51.9 Å². The molecule has 0 fully saturated rings. The number of benzene rings is 2. The molecule has 164 valence electrons. The van der Waals surface area contributed by atoms with Crippen LogP contribution in [0.2, 0.25) is 0 Å². The van der Waals surface area contributed by atoms with E-state index < -0.39 is 16.0 Å². The Morgan fingerprint density at radius 3 is 2.10 bits per heavy atom. The maximum absolute atomic E-state index is 12.6. The van der Waals surface area contributed by atoms with Gasteiger partial charge in [-0.25, -0.2) is 18.2 Å². The lowest BCUT2D eigenvalue weighted by Gasteiger charge is -2.18. The zero-order chi connectivity index (χ0) is 22.6. The molecule has 3 rings (SSSR count). The Kier molecular flexibility index (Phi) is 6.77. The molecule has 0 saturated heterocycles. The van der Waals surface area contributed by atoms with Crippen molar-refractivity contribution in [2.45, 2.75) is 18.7 Å². The highest BCUT2D eigenvalue weighted by Crippen LogP contribution is 2.26. The molecule has 1 aliphatic heterocycles. The highest BCUT2D eigenvalue weighted by atomic mass is 32.2. The minimum Gasteiger partial charge on any atom is -0.497 e. The van der Waals surface area contributed by atoms with Crippen molar-refractivity contribution in [1.82, 2.24) is 4.31 Å². The topological polar surface area (TPSA) is 94.5 Å². The number of ether oxygens (including phenoxy) is 3. The molecule has 2 aromatic carbocycles. The van der Waals surface area contributed by atoms with Crippen molar-refractivity contribution in [2.24, 2.45) is 4.99 Å². The normalized spacial score (nSPS) is 15.2. The van der Waals surface area contributed by atoms with Crippen LogP contribution in [0.5, 0.6) is 11.5 Å². The fourth-order valence-electron chi connectivity index (χ4n) is 3.09. The smallest absolute Gasteiger partial charge is 0.363 e. The maximum atomic E-state index is 12.6. The van der Waals surface area contributed by atoms with Crippen LogP contribution in [0.15, 0.2) is 58.0 Å². The third-order valence-electron chi connectivity index (χ3n) is 4.74. The first-order chi connectivity index (χ1) is 14.8. The lowest BCUT2D eigenvalue weighted by atomic mass is 10.1. The molecule has 1 aliphatic rings. The summed E-state index contributed by atoms with van der Waals surface area (Å²) in [4.78, 5) is 16.7. The van der Waals surface area contributed by atoms with Gasteiger partial charge < -0.3 is 14.2 Å². The van der Waals surface area contributed by atoms with E-state index in [-0.39, 0.29) is 16.5 Å². The van der Waals surface area contributed by atoms with Gasteiger partial charge in [0.2, 0.25) is 15.9 Å². The van der Waals surface area contributed by atoms with E-state index in [2.05, 4.69) is 4.99 Å². The molecule has 0 N–H and O–H groups in total. The van der Waals surface area contributed by atoms with Crippen molar-refractivity contribution in [3.63, 3.8) is 0 Å². The van der Waals surface area contributed by atoms with Gasteiger partial charge in [-0.2, -0.15) is 4.31 Å². The first kappa shape index (κ1) is 22.5. The van der Waals surface area contributed by atoms with Crippen LogP contribution in [-0.2, 0) is 19.6 Å². The number of hydrogen-bond acceptors (Lipinski definition) is 7. The number of sulfonamides is 1. The summed E-state index contributed by atoms with van der Waals surface area (Å²) in [5, 5.41) is 0. The Morgan fingerprint density at radius 1 is 1.00 bits per heavy atom. The van der Waals surface area contributed by atoms with E-state index in [1.807, 2.05) is 0 Å². The van der Waals surface area contributed by atoms with Gasteiger partial charge in [0.25, 0.3) is 0 Å². The second-order valence-electron chi connectivity index (χ2n) is 6.60. The van der Waals surface area contributed by atoms with E-state index in [1.165, 1.54) is 30.7 Å². The number of rotatable bonds is 8. The molecule has 0 spiro atoms. The number of methoxy groups -OCH3 is 2. The van der Waals surface area contributed by atoms with Crippen LogP contribution in [0, 0.1) is 0 Å². The molecule has 31 heavy (non-hydrogen) atoms. The van der Waals surface area contributed by atoms with Gasteiger partial charge in [-0.15, -0.1) is 0 Å². The maximum Gasteiger partial charge on any atom is 0.363 e. The van der Waals surface area contributed by atoms with E-state index >= 15 is 0 Å². The summed E-state index contributed by atoms with van der Waals surface area (Å²) in [5.41, 5.74) is 1.28. The molecule has 2 aromatic rings. The molecule has 0 aromatic heterocycles. The van der Waals surface area contributed by atoms with Crippen LogP contribution in [0.4, 0.5) is 0 Å². The second-order valence-corrected chi connectivity index (χ2v) is 8.53. The number of nitrogens with zero attached hydrogens (tertiary/aromatic N) is 2. The van der Waals surface area contributed by atoms with E-state index in [4.69, 9.17) is 14.2 Å². The first-order valence-corrected chi connectivity index (χ1v) is 11.1. The number of hydrogen-bond donors (Lipinski definition) is 0. The Labute approximate surface area is 181 Å². The zero-order valence-corrected chi connectivity index (χ0v) is 18.6. The van der Waals surface area contributed by atoms with Crippen LogP contribution in [0.1, 0.15) is 25.0 Å². The van der Waals surface area contributed by atoms with Gasteiger partial charge in [-0.05, 0) is 48.0 Å². The van der Waals surface area contributed by atoms with E-state index in [0.29, 0.717) is 35.7 Å². The van der Waals surface area contributed by atoms with Crippen LogP contribution < -0.4 is 9.47 Å². The Balaban J connectivity index is 1.89. The summed E-state index contributed by atoms with van der Waals surface area (Å²) in [6.07, 6.45) is 1.57. The molecule has 0 atom stereocenters. The van der Waals surface area contributed by atoms with Crippen molar-refractivity contribution in [1.29, 1.82) is 0 Å². The third-order valence-corrected chi connectivity index (χ3v) is 6.81. The summed E-state index contributed by atoms with van der Waals surface area (Å²) in [6, 6.07) is 11.3. The number of carbonyl (C=O) groups is 1. The lowest BCUT2D eigenvalue weighted by molar-refractivity contribution is -0.129. The fraction of sp³-hybridized carbons (Fsp3) is 0.273. The molecular formula is C22H24N2O6S. The summed E-state index contributed by atoms with van der Waals surface area (Å²) < 4.78 is 42.4. The molecular weight excluding hydrogens is 420 g/mol. The summed E-state index contributed by atoms with van der Waals surface area (Å²) in [6.45, 7) is 4.34. The predicted molar refractivity (Wildman–Crippen MR) is 117 cm³/mol. The molecule has 0 unspecified atom stereocenters. The highest BCUT2D eigenvalue weighted by molar-refractivity contribution is 7.89. The molecule has 8 nitrogen and oxygen atoms in total. The summed E-state index contributed by atoms with van der Waals surface area (Å²) in [5.74, 6) is 0.660. The van der Waals surface area contributed by atoms with Gasteiger partial charge in [0, 0.05) is 24.7 Å². The average molecular weight is 445 g/mol. The summed E-state index contributed by atoms with van der Waals surface area (Å²) >= 11 is 0. The van der Waals surface area contributed by atoms with Crippen LogP contribution >= 0.6 is 0 Å². The van der Waals surface area contributed by atoms with Gasteiger partial charge >= 0.3 is 5.97 Å². The van der Waals surface area contributed by atoms with Crippen molar-refractivity contribution < 1.29 is 27.4 Å². The standard InChI is InChI=1S/C22H24N2O6S/c1-5-24(6-2)31(26,27)19-9-7-16(8-10-19)21-23-20(22(25)30-21)13-15-11-17(28-3)14-18(12-15)29-4/h7-14H,5-6H2,1-4H3/b20-13-. The van der Waals surface area contributed by atoms with Crippen LogP contribution in [0.3, 0.4) is 0 Å². The molecule has 0 aliphatic carbocycles. The van der Waals surface area contributed by atoms with Crippen molar-refractivity contribution in [3.8, 4) is 11.5 Å². The number of carbonyl (C=O) groups excluding carboxylic acids is 1. The second kappa shape index (κ2) is 9.32. The van der Waals surface area contributed by atoms with Crippen molar-refractivity contribution in [3.05, 3.63) is 59.3 Å². The van der Waals surface area contributed by atoms with Gasteiger partial charge in [0.1, 0.15) is 11.5 Å². The van der Waals surface area contributed by atoms with Crippen LogP contribution in [0.25, 0.3) is 6.08 Å². The SMILES string of the molecule is CCN(CC)S(=O)(=O)c1ccc(C2=N/C(=C\c3cc(OC)cc(OC)c3)C(=O)O2)cc1. The minimum atomic E-state index is -3.57. The molecule has 1 heterocycles. The Bertz CT molecular complexity index is 1110. The molecule has 0 radical (unpaired) electrons. The van der Waals surface area contributed by atoms with Gasteiger partial charge in [-0.3, -0.25) is 0 Å². The third kappa shape index (κ3) is 4.78. The molecule has 0 saturated carbocycles. The average Bonchev–Trinajstić information content (AvgIpc) is 3.14. The molecule has 0 bridgehead atoms. The Morgan fingerprint density at radius 2 is 1.58 bits per heavy atom. The van der Waals surface area contributed by atoms with E-state index in [1.54, 1.807) is 50.3 Å². The van der Waals surface area contributed by atoms with Gasteiger partial charge in [0.15, 0.2) is 5.70 Å². The van der Waals surface area contributed by atoms with Gasteiger partial charge in [0.05, 0.1) is 19.1 Å². The zero-order valence-electron chi connectivity index (χ0n) is 17.8. The van der Waals surface area contributed by atoms with Crippen molar-refractivity contribution in [2.75, 3.05) is 27.3 Å². The summed E-state index contributed by atoms with van der Waals surface area (Å²) in [7, 11) is -0.491. The van der Waals surface area contributed by atoms with Crippen molar-refractivity contribution >= 4 is 28.0 Å². The van der Waals surface area contributed by atoms with E-state index in [9.17, 15) is 13.2 Å². The lowest BCUT2D eigenvalue weighted by Crippen LogP contribution is -2.30. The number of cyclic esters (lactones) is 1. The monoisotopic (exact) mass is 444 g/mol. The largest absolute Gasteiger partial charge is 0.497 e. The number of esters is 1. The first-order valence-electron chi connectivity index (χ1n) is 9.68. The molecule has 9 heteroatoms. The molecule has 0 amide bonds. The minimum absolute atomic E-state index is 0.109. The quantitative estimate of drug-likeness (QED) is 0.459. The number of aliphatic imine (C=N–C) groups is 1. The highest BCUT2D eigenvalue weighted by Gasteiger charge is 2.26. The van der Waals surface area contributed by atoms with E-state index in [0.717, 1.165) is 0 Å². The fourth-order valence-corrected chi connectivity index (χ4v) is 4.54. The van der Waals surface area contributed by atoms with Gasteiger partial charge in [-0.1, -0.05) is 13.8 Å². The predicted octanol–water partition coefficient (Wildman–Crippen LogP) is 3.08. The Hall–Kier alpha value is -3.17.